The number of aromatic nitrogens is 1. The summed E-state index contributed by atoms with van der Waals surface area (Å²) in [5, 5.41) is 7.45. The first-order valence-electron chi connectivity index (χ1n) is 13.2. The van der Waals surface area contributed by atoms with Gasteiger partial charge >= 0.3 is 0 Å². The van der Waals surface area contributed by atoms with Crippen molar-refractivity contribution in [1.82, 2.24) is 4.57 Å². The zero-order valence-electron chi connectivity index (χ0n) is 20.9. The molecule has 0 N–H and O–H groups in total. The van der Waals surface area contributed by atoms with Crippen molar-refractivity contribution in [3.05, 3.63) is 127 Å². The third-order valence-corrected chi connectivity index (χ3v) is 9.16. The van der Waals surface area contributed by atoms with Crippen molar-refractivity contribution in [2.24, 2.45) is 0 Å². The Morgan fingerprint density at radius 2 is 1.21 bits per heavy atom. The molecule has 182 valence electrons. The van der Waals surface area contributed by atoms with Gasteiger partial charge in [0.1, 0.15) is 11.2 Å². The van der Waals surface area contributed by atoms with Crippen molar-refractivity contribution >= 4 is 75.3 Å². The van der Waals surface area contributed by atoms with Crippen LogP contribution in [0.2, 0.25) is 0 Å². The Labute approximate surface area is 227 Å². The Hall–Kier alpha value is -4.86. The third-order valence-electron chi connectivity index (χ3n) is 8.00. The lowest BCUT2D eigenvalue weighted by atomic mass is 9.98. The van der Waals surface area contributed by atoms with E-state index in [4.69, 9.17) is 4.42 Å². The van der Waals surface area contributed by atoms with Crippen LogP contribution < -0.4 is 0 Å². The smallest absolute Gasteiger partial charge is 0.136 e. The average molecular weight is 516 g/mol. The first kappa shape index (κ1) is 21.1. The van der Waals surface area contributed by atoms with Crippen LogP contribution in [0.4, 0.5) is 0 Å². The molecule has 6 aromatic carbocycles. The molecule has 2 nitrogen and oxygen atoms in total. The van der Waals surface area contributed by atoms with Crippen LogP contribution in [0.3, 0.4) is 0 Å². The second-order valence-corrected chi connectivity index (χ2v) is 11.2. The Kier molecular flexibility index (Phi) is 4.24. The highest BCUT2D eigenvalue weighted by Gasteiger charge is 2.17. The van der Waals surface area contributed by atoms with Crippen LogP contribution in [0, 0.1) is 0 Å². The number of nitrogens with zero attached hydrogens (tertiary/aromatic N) is 1. The summed E-state index contributed by atoms with van der Waals surface area (Å²) in [5.41, 5.74) is 7.78. The normalized spacial score (nSPS) is 12.1. The minimum absolute atomic E-state index is 0.907. The van der Waals surface area contributed by atoms with E-state index in [1.165, 1.54) is 53.1 Å². The fourth-order valence-electron chi connectivity index (χ4n) is 6.29. The van der Waals surface area contributed by atoms with E-state index >= 15 is 0 Å². The Bertz CT molecular complexity index is 2350. The number of furan rings is 1. The Balaban J connectivity index is 1.33. The summed E-state index contributed by atoms with van der Waals surface area (Å²) in [6.07, 6.45) is 0. The van der Waals surface area contributed by atoms with E-state index in [0.29, 0.717) is 0 Å². The van der Waals surface area contributed by atoms with E-state index in [1.54, 1.807) is 0 Å². The molecule has 0 saturated carbocycles. The lowest BCUT2D eigenvalue weighted by molar-refractivity contribution is 0.669. The van der Waals surface area contributed by atoms with E-state index in [-0.39, 0.29) is 0 Å². The third kappa shape index (κ3) is 2.96. The van der Waals surface area contributed by atoms with E-state index in [9.17, 15) is 0 Å². The molecule has 0 saturated heterocycles. The standard InChI is InChI=1S/C36H21NOS/c1-4-12-30-25(8-1)26-9-2-5-13-31(26)37(30)23-17-18-32-29(21-23)36-24(11-7-14-33(36)38-32)22-16-19-35-28(20-22)27-10-3-6-15-34(27)39-35/h1-21H. The van der Waals surface area contributed by atoms with Crippen LogP contribution >= 0.6 is 11.3 Å². The van der Waals surface area contributed by atoms with E-state index < -0.39 is 0 Å². The Morgan fingerprint density at radius 1 is 0.487 bits per heavy atom. The SMILES string of the molecule is c1cc(-c2ccc3sc4ccccc4c3c2)c2c(c1)oc1ccc(-n3c4ccccc4c4ccccc43)cc12. The van der Waals surface area contributed by atoms with Gasteiger partial charge in [-0.2, -0.15) is 0 Å². The van der Waals surface area contributed by atoms with Gasteiger partial charge in [0.15, 0.2) is 0 Å². The lowest BCUT2D eigenvalue weighted by Gasteiger charge is -2.09. The predicted molar refractivity (Wildman–Crippen MR) is 166 cm³/mol. The van der Waals surface area contributed by atoms with Crippen LogP contribution in [-0.4, -0.2) is 4.57 Å². The minimum Gasteiger partial charge on any atom is -0.456 e. The number of thiophene rings is 1. The monoisotopic (exact) mass is 515 g/mol. The molecule has 0 atom stereocenters. The molecule has 0 aliphatic heterocycles. The van der Waals surface area contributed by atoms with Gasteiger partial charge in [0, 0.05) is 47.4 Å². The number of hydrogen-bond acceptors (Lipinski definition) is 2. The maximum absolute atomic E-state index is 6.40. The number of fused-ring (bicyclic) bond motifs is 9. The molecule has 3 heteroatoms. The van der Waals surface area contributed by atoms with E-state index in [2.05, 4.69) is 132 Å². The molecule has 3 heterocycles. The topological polar surface area (TPSA) is 18.1 Å². The molecule has 0 spiro atoms. The van der Waals surface area contributed by atoms with Gasteiger partial charge in [-0.25, -0.2) is 0 Å². The summed E-state index contributed by atoms with van der Waals surface area (Å²) in [4.78, 5) is 0. The summed E-state index contributed by atoms with van der Waals surface area (Å²) in [6.45, 7) is 0. The molecular formula is C36H21NOS. The summed E-state index contributed by atoms with van der Waals surface area (Å²) >= 11 is 1.85. The number of para-hydroxylation sites is 2. The highest BCUT2D eigenvalue weighted by molar-refractivity contribution is 7.25. The number of rotatable bonds is 2. The average Bonchev–Trinajstić information content (AvgIpc) is 3.66. The van der Waals surface area contributed by atoms with Crippen molar-refractivity contribution in [2.45, 2.75) is 0 Å². The largest absolute Gasteiger partial charge is 0.456 e. The molecule has 0 fully saturated rings. The van der Waals surface area contributed by atoms with Gasteiger partial charge < -0.3 is 8.98 Å². The Morgan fingerprint density at radius 3 is 2.03 bits per heavy atom. The zero-order valence-corrected chi connectivity index (χ0v) is 21.7. The number of benzene rings is 6. The molecule has 9 aromatic rings. The molecule has 0 aliphatic carbocycles. The highest BCUT2D eigenvalue weighted by atomic mass is 32.1. The number of hydrogen-bond donors (Lipinski definition) is 0. The van der Waals surface area contributed by atoms with Crippen molar-refractivity contribution in [1.29, 1.82) is 0 Å². The van der Waals surface area contributed by atoms with Crippen LogP contribution in [0.25, 0.3) is 80.7 Å². The van der Waals surface area contributed by atoms with Crippen molar-refractivity contribution < 1.29 is 4.42 Å². The first-order chi connectivity index (χ1) is 19.3. The molecule has 0 aliphatic rings. The van der Waals surface area contributed by atoms with Gasteiger partial charge in [-0.05, 0) is 65.7 Å². The van der Waals surface area contributed by atoms with E-state index in [1.807, 2.05) is 11.3 Å². The van der Waals surface area contributed by atoms with Gasteiger partial charge in [-0.1, -0.05) is 72.8 Å². The van der Waals surface area contributed by atoms with Gasteiger partial charge in [0.05, 0.1) is 11.0 Å². The van der Waals surface area contributed by atoms with Crippen molar-refractivity contribution in [3.63, 3.8) is 0 Å². The van der Waals surface area contributed by atoms with Crippen molar-refractivity contribution in [3.8, 4) is 16.8 Å². The second-order valence-electron chi connectivity index (χ2n) is 10.1. The van der Waals surface area contributed by atoms with Gasteiger partial charge in [-0.3, -0.25) is 0 Å². The van der Waals surface area contributed by atoms with Gasteiger partial charge in [-0.15, -0.1) is 11.3 Å². The minimum atomic E-state index is 0.907. The second kappa shape index (κ2) is 7.83. The fraction of sp³-hybridized carbons (Fsp3) is 0. The summed E-state index contributed by atoms with van der Waals surface area (Å²) in [6, 6.07) is 45.8. The van der Waals surface area contributed by atoms with Gasteiger partial charge in [0.25, 0.3) is 0 Å². The highest BCUT2D eigenvalue weighted by Crippen LogP contribution is 2.41. The quantitative estimate of drug-likeness (QED) is 0.224. The van der Waals surface area contributed by atoms with Crippen molar-refractivity contribution in [2.75, 3.05) is 0 Å². The molecular weight excluding hydrogens is 494 g/mol. The zero-order chi connectivity index (χ0) is 25.5. The van der Waals surface area contributed by atoms with Crippen LogP contribution in [-0.2, 0) is 0 Å². The summed E-state index contributed by atoms with van der Waals surface area (Å²) in [5.74, 6) is 0. The molecule has 0 radical (unpaired) electrons. The lowest BCUT2D eigenvalue weighted by Crippen LogP contribution is -1.93. The summed E-state index contributed by atoms with van der Waals surface area (Å²) < 4.78 is 11.4. The molecule has 0 unspecified atom stereocenters. The summed E-state index contributed by atoms with van der Waals surface area (Å²) in [7, 11) is 0. The fourth-order valence-corrected chi connectivity index (χ4v) is 7.38. The molecule has 9 rings (SSSR count). The maximum atomic E-state index is 6.40. The molecule has 39 heavy (non-hydrogen) atoms. The molecule has 0 bridgehead atoms. The van der Waals surface area contributed by atoms with E-state index in [0.717, 1.165) is 27.6 Å². The molecule has 3 aromatic heterocycles. The first-order valence-corrected chi connectivity index (χ1v) is 14.0. The van der Waals surface area contributed by atoms with Crippen LogP contribution in [0.5, 0.6) is 0 Å². The predicted octanol–water partition coefficient (Wildman–Crippen LogP) is 10.7. The maximum Gasteiger partial charge on any atom is 0.136 e. The van der Waals surface area contributed by atoms with Gasteiger partial charge in [0.2, 0.25) is 0 Å². The molecule has 0 amide bonds. The van der Waals surface area contributed by atoms with Crippen LogP contribution in [0.1, 0.15) is 0 Å². The van der Waals surface area contributed by atoms with Crippen LogP contribution in [0.15, 0.2) is 132 Å².